The van der Waals surface area contributed by atoms with Crippen LogP contribution in [0, 0.1) is 0 Å². The number of hydrogen-bond donors (Lipinski definition) is 0. The molecule has 0 unspecified atom stereocenters. The Bertz CT molecular complexity index is 3630. The molecule has 0 aliphatic carbocycles. The van der Waals surface area contributed by atoms with Gasteiger partial charge in [-0.15, -0.1) is 0 Å². The molecule has 0 radical (unpaired) electrons. The Morgan fingerprint density at radius 1 is 0.246 bits per heavy atom. The van der Waals surface area contributed by atoms with Crippen LogP contribution in [-0.4, -0.2) is 0 Å². The number of benzene rings is 12. The molecule has 0 aliphatic heterocycles. The lowest BCUT2D eigenvalue weighted by Crippen LogP contribution is -2.11. The maximum absolute atomic E-state index is 2.48. The topological polar surface area (TPSA) is 3.24 Å². The van der Waals surface area contributed by atoms with E-state index in [1.165, 1.54) is 98.0 Å². The van der Waals surface area contributed by atoms with Gasteiger partial charge in [-0.3, -0.25) is 0 Å². The van der Waals surface area contributed by atoms with Gasteiger partial charge in [-0.2, -0.15) is 0 Å². The molecule has 0 aliphatic rings. The van der Waals surface area contributed by atoms with Crippen molar-refractivity contribution >= 4 is 81.7 Å². The smallest absolute Gasteiger partial charge is 0.0546 e. The fourth-order valence-corrected chi connectivity index (χ4v) is 9.84. The first-order valence-electron chi connectivity index (χ1n) is 21.1. The molecular weight excluding hydrogens is 735 g/mol. The Labute approximate surface area is 355 Å². The third-order valence-electron chi connectivity index (χ3n) is 12.6. The first-order chi connectivity index (χ1) is 30.3. The lowest BCUT2D eigenvalue weighted by molar-refractivity contribution is 1.31. The van der Waals surface area contributed by atoms with Gasteiger partial charge < -0.3 is 4.90 Å². The van der Waals surface area contributed by atoms with Gasteiger partial charge in [-0.25, -0.2) is 0 Å². The summed E-state index contributed by atoms with van der Waals surface area (Å²) in [5.74, 6) is 0. The molecule has 61 heavy (non-hydrogen) atoms. The highest BCUT2D eigenvalue weighted by Crippen LogP contribution is 2.51. The van der Waals surface area contributed by atoms with E-state index in [0.29, 0.717) is 0 Å². The van der Waals surface area contributed by atoms with Crippen molar-refractivity contribution in [2.24, 2.45) is 0 Å². The second-order valence-electron chi connectivity index (χ2n) is 16.0. The van der Waals surface area contributed by atoms with E-state index in [-0.39, 0.29) is 0 Å². The van der Waals surface area contributed by atoms with Gasteiger partial charge in [0.25, 0.3) is 0 Å². The lowest BCUT2D eigenvalue weighted by atomic mass is 9.81. The summed E-state index contributed by atoms with van der Waals surface area (Å²) in [6.07, 6.45) is 0. The molecule has 0 bridgehead atoms. The maximum Gasteiger partial charge on any atom is 0.0546 e. The fourth-order valence-electron chi connectivity index (χ4n) is 9.84. The average Bonchev–Trinajstić information content (AvgIpc) is 3.34. The molecule has 0 aromatic heterocycles. The van der Waals surface area contributed by atoms with Crippen molar-refractivity contribution in [3.63, 3.8) is 0 Å². The van der Waals surface area contributed by atoms with Gasteiger partial charge in [-0.1, -0.05) is 200 Å². The van der Waals surface area contributed by atoms with Gasteiger partial charge in [-0.05, 0) is 129 Å². The number of anilines is 3. The molecule has 0 N–H and O–H groups in total. The van der Waals surface area contributed by atoms with Gasteiger partial charge >= 0.3 is 0 Å². The minimum absolute atomic E-state index is 1.11. The molecule has 0 fully saturated rings. The van der Waals surface area contributed by atoms with E-state index in [9.17, 15) is 0 Å². The molecule has 1 nitrogen and oxygen atoms in total. The number of hydrogen-bond acceptors (Lipinski definition) is 1. The predicted molar refractivity (Wildman–Crippen MR) is 262 cm³/mol. The fraction of sp³-hybridized carbons (Fsp3) is 0. The third-order valence-corrected chi connectivity index (χ3v) is 12.6. The third kappa shape index (κ3) is 5.78. The molecular formula is C60H39N. The molecule has 12 aromatic rings. The first kappa shape index (κ1) is 35.0. The van der Waals surface area contributed by atoms with Crippen LogP contribution < -0.4 is 4.90 Å². The van der Waals surface area contributed by atoms with Gasteiger partial charge in [0, 0.05) is 16.8 Å². The van der Waals surface area contributed by atoms with Gasteiger partial charge in [0.2, 0.25) is 0 Å². The predicted octanol–water partition coefficient (Wildman–Crippen LogP) is 17.1. The van der Waals surface area contributed by atoms with Crippen LogP contribution >= 0.6 is 0 Å². The molecule has 0 saturated carbocycles. The van der Waals surface area contributed by atoms with Crippen LogP contribution in [0.3, 0.4) is 0 Å². The summed E-state index contributed by atoms with van der Waals surface area (Å²) in [7, 11) is 0. The summed E-state index contributed by atoms with van der Waals surface area (Å²) in [5.41, 5.74) is 10.7. The molecule has 1 heteroatoms. The Kier molecular flexibility index (Phi) is 8.25. The Balaban J connectivity index is 1.24. The summed E-state index contributed by atoms with van der Waals surface area (Å²) in [6.45, 7) is 0. The van der Waals surface area contributed by atoms with Crippen molar-refractivity contribution in [1.82, 2.24) is 0 Å². The van der Waals surface area contributed by atoms with Crippen molar-refractivity contribution in [2.75, 3.05) is 4.90 Å². The van der Waals surface area contributed by atoms with Gasteiger partial charge in [0.1, 0.15) is 0 Å². The summed E-state index contributed by atoms with van der Waals surface area (Å²) in [4.78, 5) is 2.48. The quantitative estimate of drug-likeness (QED) is 0.152. The van der Waals surface area contributed by atoms with E-state index in [0.717, 1.165) is 17.1 Å². The van der Waals surface area contributed by atoms with Crippen LogP contribution in [0.25, 0.3) is 98.0 Å². The lowest BCUT2D eigenvalue weighted by Gasteiger charge is -2.29. The number of nitrogens with zero attached hydrogens (tertiary/aromatic N) is 1. The Morgan fingerprint density at radius 3 is 1.44 bits per heavy atom. The standard InChI is InChI=1S/C60H39N/c1-4-19-41(20-5-1)54-39-55(42-21-6-2-7-22-42)59-52-31-17-15-29-50(52)56-38-47(34-35-53(56)60(59)58(54)43-23-8-3-9-24-43)61(46-33-32-40-18-10-11-25-44(40)36-46)57-37-45-26-12-13-27-48(45)49-28-14-16-30-51(49)57/h1-39H. The number of fused-ring (bicyclic) bond motifs is 10. The Hall–Kier alpha value is -8.00. The zero-order valence-corrected chi connectivity index (χ0v) is 33.5. The van der Waals surface area contributed by atoms with Crippen molar-refractivity contribution in [2.45, 2.75) is 0 Å². The highest BCUT2D eigenvalue weighted by molar-refractivity contribution is 6.33. The summed E-state index contributed by atoms with van der Waals surface area (Å²) in [6, 6.07) is 87.0. The van der Waals surface area contributed by atoms with Crippen LogP contribution in [0.4, 0.5) is 17.1 Å². The molecule has 12 rings (SSSR count). The van der Waals surface area contributed by atoms with Crippen molar-refractivity contribution in [3.8, 4) is 33.4 Å². The van der Waals surface area contributed by atoms with Crippen LogP contribution in [0.1, 0.15) is 0 Å². The second kappa shape index (κ2) is 14.4. The van der Waals surface area contributed by atoms with Crippen LogP contribution in [0.2, 0.25) is 0 Å². The molecule has 0 spiro atoms. The largest absolute Gasteiger partial charge is 0.310 e. The summed E-state index contributed by atoms with van der Waals surface area (Å²) in [5, 5.41) is 14.8. The highest BCUT2D eigenvalue weighted by atomic mass is 15.1. The molecule has 0 saturated heterocycles. The van der Waals surface area contributed by atoms with Crippen LogP contribution in [0.5, 0.6) is 0 Å². The van der Waals surface area contributed by atoms with E-state index in [1.54, 1.807) is 0 Å². The summed E-state index contributed by atoms with van der Waals surface area (Å²) < 4.78 is 0. The van der Waals surface area contributed by atoms with E-state index in [4.69, 9.17) is 0 Å². The minimum Gasteiger partial charge on any atom is -0.310 e. The maximum atomic E-state index is 2.48. The molecule has 0 heterocycles. The number of rotatable bonds is 6. The highest BCUT2D eigenvalue weighted by Gasteiger charge is 2.24. The van der Waals surface area contributed by atoms with Crippen molar-refractivity contribution in [1.29, 1.82) is 0 Å². The normalized spacial score (nSPS) is 11.6. The van der Waals surface area contributed by atoms with Crippen molar-refractivity contribution in [3.05, 3.63) is 237 Å². The van der Waals surface area contributed by atoms with Crippen LogP contribution in [0.15, 0.2) is 237 Å². The first-order valence-corrected chi connectivity index (χ1v) is 21.1. The zero-order chi connectivity index (χ0) is 40.3. The van der Waals surface area contributed by atoms with E-state index < -0.39 is 0 Å². The van der Waals surface area contributed by atoms with E-state index in [2.05, 4.69) is 241 Å². The SMILES string of the molecule is c1ccc(-c2cc(-c3ccccc3)c3c4ccccc4c4cc(N(c5ccc6ccccc6c5)c5cc6ccccc6c6ccccc56)ccc4c3c2-c2ccccc2)cc1. The zero-order valence-electron chi connectivity index (χ0n) is 33.5. The molecule has 0 atom stereocenters. The van der Waals surface area contributed by atoms with Gasteiger partial charge in [0.15, 0.2) is 0 Å². The Morgan fingerprint density at radius 2 is 0.738 bits per heavy atom. The van der Waals surface area contributed by atoms with E-state index in [1.807, 2.05) is 0 Å². The van der Waals surface area contributed by atoms with Crippen LogP contribution in [-0.2, 0) is 0 Å². The summed E-state index contributed by atoms with van der Waals surface area (Å²) >= 11 is 0. The minimum atomic E-state index is 1.11. The molecule has 284 valence electrons. The van der Waals surface area contributed by atoms with Gasteiger partial charge in [0.05, 0.1) is 5.69 Å². The molecule has 12 aromatic carbocycles. The monoisotopic (exact) mass is 773 g/mol. The molecule has 0 amide bonds. The van der Waals surface area contributed by atoms with Crippen molar-refractivity contribution < 1.29 is 0 Å². The average molecular weight is 774 g/mol. The van der Waals surface area contributed by atoms with E-state index >= 15 is 0 Å². The second-order valence-corrected chi connectivity index (χ2v) is 16.0.